The molecule has 3 aromatic rings. The molecule has 5 nitrogen and oxygen atoms in total. The summed E-state index contributed by atoms with van der Waals surface area (Å²) in [6.45, 7) is 1.97. The van der Waals surface area contributed by atoms with Crippen molar-refractivity contribution in [3.05, 3.63) is 102 Å². The zero-order valence-electron chi connectivity index (χ0n) is 17.5. The number of hydrogen-bond donors (Lipinski definition) is 2. The van der Waals surface area contributed by atoms with Crippen LogP contribution in [0.5, 0.6) is 5.75 Å². The summed E-state index contributed by atoms with van der Waals surface area (Å²) in [5.74, 6) is -0.678. The second-order valence-corrected chi connectivity index (χ2v) is 7.32. The van der Waals surface area contributed by atoms with Crippen molar-refractivity contribution in [3.8, 4) is 5.75 Å². The molecule has 0 heterocycles. The number of ether oxygens (including phenoxy) is 1. The van der Waals surface area contributed by atoms with Gasteiger partial charge in [-0.15, -0.1) is 0 Å². The van der Waals surface area contributed by atoms with E-state index in [4.69, 9.17) is 4.74 Å². The molecule has 1 atom stereocenters. The van der Waals surface area contributed by atoms with Gasteiger partial charge in [-0.2, -0.15) is 0 Å². The summed E-state index contributed by atoms with van der Waals surface area (Å²) in [7, 11) is 0. The highest BCUT2D eigenvalue weighted by molar-refractivity contribution is 5.85. The van der Waals surface area contributed by atoms with E-state index in [-0.39, 0.29) is 37.0 Å². The Balaban J connectivity index is 1.77. The van der Waals surface area contributed by atoms with Gasteiger partial charge >= 0.3 is 5.97 Å². The topological polar surface area (TPSA) is 75.6 Å². The molecule has 31 heavy (non-hydrogen) atoms. The van der Waals surface area contributed by atoms with Crippen molar-refractivity contribution in [1.82, 2.24) is 5.32 Å². The average molecular weight is 418 g/mol. The summed E-state index contributed by atoms with van der Waals surface area (Å²) < 4.78 is 5.17. The van der Waals surface area contributed by atoms with E-state index in [0.717, 1.165) is 16.7 Å². The summed E-state index contributed by atoms with van der Waals surface area (Å²) in [6.07, 6.45) is 0.492. The molecule has 3 rings (SSSR count). The highest BCUT2D eigenvalue weighted by atomic mass is 16.5. The number of carbonyl (C=O) groups excluding carboxylic acids is 2. The lowest BCUT2D eigenvalue weighted by Gasteiger charge is -2.21. The minimum atomic E-state index is -0.802. The molecule has 1 amide bonds. The molecule has 2 N–H and O–H groups in total. The fraction of sp³-hybridized carbons (Fsp3) is 0.231. The van der Waals surface area contributed by atoms with E-state index < -0.39 is 12.0 Å². The minimum Gasteiger partial charge on any atom is -0.508 e. The second kappa shape index (κ2) is 11.0. The normalized spacial score (nSPS) is 11.7. The number of phenols is 1. The van der Waals surface area contributed by atoms with Crippen LogP contribution < -0.4 is 5.32 Å². The largest absolute Gasteiger partial charge is 0.508 e. The molecule has 0 aliphatic rings. The third-order valence-electron chi connectivity index (χ3n) is 5.08. The fourth-order valence-electron chi connectivity index (χ4n) is 3.54. The van der Waals surface area contributed by atoms with Crippen LogP contribution in [-0.2, 0) is 20.7 Å². The molecule has 0 fully saturated rings. The van der Waals surface area contributed by atoms with E-state index in [9.17, 15) is 14.7 Å². The van der Waals surface area contributed by atoms with Gasteiger partial charge in [0.1, 0.15) is 11.8 Å². The van der Waals surface area contributed by atoms with Crippen molar-refractivity contribution in [2.45, 2.75) is 31.7 Å². The number of amides is 1. The smallest absolute Gasteiger partial charge is 0.328 e. The number of phenolic OH excluding ortho intramolecular Hbond substituents is 1. The lowest BCUT2D eigenvalue weighted by Crippen LogP contribution is -2.43. The first-order valence-corrected chi connectivity index (χ1v) is 10.4. The van der Waals surface area contributed by atoms with Gasteiger partial charge < -0.3 is 15.2 Å². The van der Waals surface area contributed by atoms with Crippen molar-refractivity contribution in [1.29, 1.82) is 0 Å². The molecule has 3 aromatic carbocycles. The monoisotopic (exact) mass is 417 g/mol. The van der Waals surface area contributed by atoms with E-state index in [1.54, 1.807) is 31.2 Å². The predicted octanol–water partition coefficient (Wildman–Crippen LogP) is 4.20. The number of esters is 1. The number of benzene rings is 3. The van der Waals surface area contributed by atoms with Crippen LogP contribution in [0.25, 0.3) is 0 Å². The van der Waals surface area contributed by atoms with E-state index in [1.165, 1.54) is 0 Å². The lowest BCUT2D eigenvalue weighted by atomic mass is 9.88. The van der Waals surface area contributed by atoms with E-state index >= 15 is 0 Å². The van der Waals surface area contributed by atoms with Crippen LogP contribution in [-0.4, -0.2) is 29.6 Å². The molecular formula is C26H27NO4. The van der Waals surface area contributed by atoms with Gasteiger partial charge in [0.05, 0.1) is 6.61 Å². The summed E-state index contributed by atoms with van der Waals surface area (Å²) >= 11 is 0. The molecule has 0 saturated carbocycles. The summed E-state index contributed by atoms with van der Waals surface area (Å²) in [5.41, 5.74) is 2.89. The van der Waals surface area contributed by atoms with Crippen molar-refractivity contribution in [2.75, 3.05) is 6.61 Å². The van der Waals surface area contributed by atoms with Crippen molar-refractivity contribution >= 4 is 11.9 Å². The first kappa shape index (κ1) is 22.1. The van der Waals surface area contributed by atoms with Gasteiger partial charge in [-0.1, -0.05) is 72.8 Å². The predicted molar refractivity (Wildman–Crippen MR) is 120 cm³/mol. The maximum absolute atomic E-state index is 13.0. The van der Waals surface area contributed by atoms with Crippen molar-refractivity contribution in [2.24, 2.45) is 0 Å². The van der Waals surface area contributed by atoms with Gasteiger partial charge in [-0.05, 0) is 35.7 Å². The van der Waals surface area contributed by atoms with Crippen LogP contribution in [0.15, 0.2) is 84.9 Å². The van der Waals surface area contributed by atoms with E-state index in [0.29, 0.717) is 0 Å². The van der Waals surface area contributed by atoms with Gasteiger partial charge in [0.25, 0.3) is 0 Å². The van der Waals surface area contributed by atoms with Gasteiger partial charge in [-0.3, -0.25) is 4.79 Å². The summed E-state index contributed by atoms with van der Waals surface area (Å²) in [5, 5.41) is 12.3. The average Bonchev–Trinajstić information content (AvgIpc) is 2.80. The molecule has 0 unspecified atom stereocenters. The fourth-order valence-corrected chi connectivity index (χ4v) is 3.54. The maximum Gasteiger partial charge on any atom is 0.328 e. The number of aromatic hydroxyl groups is 1. The maximum atomic E-state index is 13.0. The van der Waals surface area contributed by atoms with Crippen molar-refractivity contribution < 1.29 is 19.4 Å². The Hall–Kier alpha value is -3.60. The Morgan fingerprint density at radius 1 is 0.871 bits per heavy atom. The molecule has 0 radical (unpaired) electrons. The second-order valence-electron chi connectivity index (χ2n) is 7.32. The van der Waals surface area contributed by atoms with Crippen LogP contribution in [0, 0.1) is 0 Å². The Kier molecular flexibility index (Phi) is 7.82. The number of nitrogens with one attached hydrogen (secondary N) is 1. The van der Waals surface area contributed by atoms with Crippen LogP contribution in [0.2, 0.25) is 0 Å². The van der Waals surface area contributed by atoms with Crippen LogP contribution >= 0.6 is 0 Å². The Morgan fingerprint density at radius 3 is 1.94 bits per heavy atom. The zero-order valence-corrected chi connectivity index (χ0v) is 17.5. The Labute approximate surface area is 182 Å². The lowest BCUT2D eigenvalue weighted by molar-refractivity contribution is -0.147. The van der Waals surface area contributed by atoms with E-state index in [1.807, 2.05) is 60.7 Å². The first-order chi connectivity index (χ1) is 15.1. The standard InChI is InChI=1S/C26H27NO4/c1-2-31-26(30)24(17-19-13-15-22(28)16-14-19)27-25(29)18-23(20-9-5-3-6-10-20)21-11-7-4-8-12-21/h3-16,23-24,28H,2,17-18H2,1H3,(H,27,29)/t24-/m0/s1. The highest BCUT2D eigenvalue weighted by Crippen LogP contribution is 2.28. The molecule has 0 aliphatic carbocycles. The molecular weight excluding hydrogens is 390 g/mol. The van der Waals surface area contributed by atoms with Gasteiger partial charge in [0.2, 0.25) is 5.91 Å². The molecule has 0 aliphatic heterocycles. The Morgan fingerprint density at radius 2 is 1.42 bits per heavy atom. The third-order valence-corrected chi connectivity index (χ3v) is 5.08. The summed E-state index contributed by atoms with van der Waals surface area (Å²) in [4.78, 5) is 25.5. The van der Waals surface area contributed by atoms with Gasteiger partial charge in [-0.25, -0.2) is 4.79 Å². The molecule has 5 heteroatoms. The number of hydrogen-bond acceptors (Lipinski definition) is 4. The third kappa shape index (κ3) is 6.44. The first-order valence-electron chi connectivity index (χ1n) is 10.4. The SMILES string of the molecule is CCOC(=O)[C@H](Cc1ccc(O)cc1)NC(=O)CC(c1ccccc1)c1ccccc1. The van der Waals surface area contributed by atoms with Crippen LogP contribution in [0.4, 0.5) is 0 Å². The number of rotatable bonds is 9. The quantitative estimate of drug-likeness (QED) is 0.512. The minimum absolute atomic E-state index is 0.126. The molecule has 0 spiro atoms. The van der Waals surface area contributed by atoms with Crippen molar-refractivity contribution in [3.63, 3.8) is 0 Å². The number of carbonyl (C=O) groups is 2. The molecule has 0 bridgehead atoms. The molecule has 160 valence electrons. The van der Waals surface area contributed by atoms with E-state index in [2.05, 4.69) is 5.32 Å². The van der Waals surface area contributed by atoms with Gasteiger partial charge in [0, 0.05) is 18.8 Å². The zero-order chi connectivity index (χ0) is 22.1. The highest BCUT2D eigenvalue weighted by Gasteiger charge is 2.25. The van der Waals surface area contributed by atoms with Gasteiger partial charge in [0.15, 0.2) is 0 Å². The molecule has 0 saturated heterocycles. The molecule has 0 aromatic heterocycles. The summed E-state index contributed by atoms with van der Waals surface area (Å²) in [6, 6.07) is 25.5. The van der Waals surface area contributed by atoms with Crippen LogP contribution in [0.3, 0.4) is 0 Å². The van der Waals surface area contributed by atoms with Crippen LogP contribution in [0.1, 0.15) is 36.0 Å². The Bertz CT molecular complexity index is 932.